The molecule has 0 bridgehead atoms. The van der Waals surface area contributed by atoms with Crippen LogP contribution < -0.4 is 5.32 Å². The zero-order valence-electron chi connectivity index (χ0n) is 12.4. The molecule has 3 rings (SSSR count). The van der Waals surface area contributed by atoms with Crippen molar-refractivity contribution < 1.29 is 4.79 Å². The number of nitrogens with zero attached hydrogens (tertiary/aromatic N) is 2. The molecule has 110 valence electrons. The summed E-state index contributed by atoms with van der Waals surface area (Å²) in [6.07, 6.45) is 2.56. The number of likely N-dealkylation sites (tertiary alicyclic amines) is 1. The van der Waals surface area contributed by atoms with Crippen molar-refractivity contribution in [2.45, 2.75) is 19.8 Å². The van der Waals surface area contributed by atoms with E-state index in [1.165, 1.54) is 12.8 Å². The van der Waals surface area contributed by atoms with E-state index in [9.17, 15) is 4.79 Å². The molecule has 1 saturated heterocycles. The number of benzene rings is 1. The molecule has 4 nitrogen and oxygen atoms in total. The van der Waals surface area contributed by atoms with Gasteiger partial charge in [0.05, 0.1) is 11.1 Å². The van der Waals surface area contributed by atoms with Gasteiger partial charge in [0.2, 0.25) is 0 Å². The lowest BCUT2D eigenvalue weighted by atomic mass is 10.1. The summed E-state index contributed by atoms with van der Waals surface area (Å²) in [6.45, 7) is 5.88. The molecule has 1 amide bonds. The summed E-state index contributed by atoms with van der Waals surface area (Å²) in [4.78, 5) is 19.3. The zero-order valence-corrected chi connectivity index (χ0v) is 12.4. The minimum Gasteiger partial charge on any atom is -0.351 e. The molecule has 1 aliphatic heterocycles. The molecule has 0 aliphatic carbocycles. The zero-order chi connectivity index (χ0) is 14.7. The lowest BCUT2D eigenvalue weighted by molar-refractivity contribution is 0.0951. The van der Waals surface area contributed by atoms with Crippen LogP contribution in [0.1, 0.15) is 28.9 Å². The van der Waals surface area contributed by atoms with E-state index < -0.39 is 0 Å². The van der Waals surface area contributed by atoms with E-state index in [2.05, 4.69) is 15.2 Å². The van der Waals surface area contributed by atoms with Crippen LogP contribution in [0.5, 0.6) is 0 Å². The first-order chi connectivity index (χ1) is 10.2. The van der Waals surface area contributed by atoms with Crippen LogP contribution in [0.2, 0.25) is 0 Å². The quantitative estimate of drug-likeness (QED) is 0.937. The molecular weight excluding hydrogens is 262 g/mol. The summed E-state index contributed by atoms with van der Waals surface area (Å²) in [6, 6.07) is 9.66. The van der Waals surface area contributed by atoms with Gasteiger partial charge < -0.3 is 10.2 Å². The number of aromatic nitrogens is 1. The minimum atomic E-state index is -0.00380. The second-order valence-electron chi connectivity index (χ2n) is 5.63. The molecule has 2 heterocycles. The molecule has 0 radical (unpaired) electrons. The Bertz CT molecular complexity index is 648. The Morgan fingerprint density at radius 2 is 2.05 bits per heavy atom. The molecular formula is C17H21N3O. The maximum absolute atomic E-state index is 12.4. The van der Waals surface area contributed by atoms with Crippen LogP contribution >= 0.6 is 0 Å². The third-order valence-corrected chi connectivity index (χ3v) is 4.00. The predicted molar refractivity (Wildman–Crippen MR) is 84.5 cm³/mol. The molecule has 21 heavy (non-hydrogen) atoms. The number of amides is 1. The lowest BCUT2D eigenvalue weighted by Gasteiger charge is -2.15. The number of aryl methyl sites for hydroxylation is 1. The highest BCUT2D eigenvalue weighted by molar-refractivity contribution is 6.06. The number of carbonyl (C=O) groups excluding carboxylic acids is 1. The van der Waals surface area contributed by atoms with Crippen molar-refractivity contribution >= 4 is 16.8 Å². The van der Waals surface area contributed by atoms with Crippen LogP contribution in [0.25, 0.3) is 10.9 Å². The molecule has 2 aromatic rings. The smallest absolute Gasteiger partial charge is 0.252 e. The molecule has 0 spiro atoms. The van der Waals surface area contributed by atoms with Crippen molar-refractivity contribution in [3.05, 3.63) is 41.6 Å². The first kappa shape index (κ1) is 14.0. The van der Waals surface area contributed by atoms with E-state index in [-0.39, 0.29) is 5.91 Å². The summed E-state index contributed by atoms with van der Waals surface area (Å²) >= 11 is 0. The highest BCUT2D eigenvalue weighted by atomic mass is 16.1. The Kier molecular flexibility index (Phi) is 4.15. The van der Waals surface area contributed by atoms with E-state index >= 15 is 0 Å². The molecule has 1 N–H and O–H groups in total. The van der Waals surface area contributed by atoms with Crippen molar-refractivity contribution in [3.63, 3.8) is 0 Å². The monoisotopic (exact) mass is 283 g/mol. The van der Waals surface area contributed by atoms with Gasteiger partial charge >= 0.3 is 0 Å². The van der Waals surface area contributed by atoms with E-state index in [4.69, 9.17) is 0 Å². The van der Waals surface area contributed by atoms with Crippen LogP contribution in [0, 0.1) is 6.92 Å². The Hall–Kier alpha value is -1.94. The van der Waals surface area contributed by atoms with E-state index in [1.54, 1.807) is 0 Å². The summed E-state index contributed by atoms with van der Waals surface area (Å²) in [7, 11) is 0. The van der Waals surface area contributed by atoms with Crippen LogP contribution in [-0.4, -0.2) is 42.0 Å². The maximum Gasteiger partial charge on any atom is 0.252 e. The molecule has 1 aromatic carbocycles. The topological polar surface area (TPSA) is 45.2 Å². The molecule has 1 aliphatic rings. The molecule has 0 unspecified atom stereocenters. The number of pyridine rings is 1. The van der Waals surface area contributed by atoms with Crippen molar-refractivity contribution in [1.82, 2.24) is 15.2 Å². The van der Waals surface area contributed by atoms with Gasteiger partial charge in [-0.1, -0.05) is 18.2 Å². The highest BCUT2D eigenvalue weighted by Crippen LogP contribution is 2.18. The van der Waals surface area contributed by atoms with Gasteiger partial charge in [-0.15, -0.1) is 0 Å². The Morgan fingerprint density at radius 3 is 2.86 bits per heavy atom. The van der Waals surface area contributed by atoms with Gasteiger partial charge in [0, 0.05) is 24.2 Å². The van der Waals surface area contributed by atoms with Crippen molar-refractivity contribution in [2.24, 2.45) is 0 Å². The van der Waals surface area contributed by atoms with Gasteiger partial charge in [0.1, 0.15) is 0 Å². The lowest BCUT2D eigenvalue weighted by Crippen LogP contribution is -2.33. The van der Waals surface area contributed by atoms with E-state index in [0.717, 1.165) is 41.8 Å². The number of para-hydroxylation sites is 1. The highest BCUT2D eigenvalue weighted by Gasteiger charge is 2.13. The van der Waals surface area contributed by atoms with Gasteiger partial charge in [-0.3, -0.25) is 9.78 Å². The molecule has 0 atom stereocenters. The Balaban J connectivity index is 1.71. The molecule has 4 heteroatoms. The number of nitrogens with one attached hydrogen (secondary N) is 1. The van der Waals surface area contributed by atoms with Crippen LogP contribution in [0.3, 0.4) is 0 Å². The summed E-state index contributed by atoms with van der Waals surface area (Å²) < 4.78 is 0. The average molecular weight is 283 g/mol. The number of fused-ring (bicyclic) bond motifs is 1. The first-order valence-electron chi connectivity index (χ1n) is 7.61. The third-order valence-electron chi connectivity index (χ3n) is 4.00. The number of rotatable bonds is 4. The van der Waals surface area contributed by atoms with Crippen molar-refractivity contribution in [2.75, 3.05) is 26.2 Å². The fourth-order valence-electron chi connectivity index (χ4n) is 2.92. The SMILES string of the molecule is Cc1cc(C(=O)NCCN2CCCC2)c2ccccc2n1. The second-order valence-corrected chi connectivity index (χ2v) is 5.63. The van der Waals surface area contributed by atoms with Gasteiger partial charge in [-0.2, -0.15) is 0 Å². The average Bonchev–Trinajstić information content (AvgIpc) is 2.99. The van der Waals surface area contributed by atoms with Gasteiger partial charge in [0.15, 0.2) is 0 Å². The van der Waals surface area contributed by atoms with Crippen LogP contribution in [-0.2, 0) is 0 Å². The Morgan fingerprint density at radius 1 is 1.29 bits per heavy atom. The van der Waals surface area contributed by atoms with E-state index in [1.807, 2.05) is 37.3 Å². The largest absolute Gasteiger partial charge is 0.351 e. The fourth-order valence-corrected chi connectivity index (χ4v) is 2.92. The standard InChI is InChI=1S/C17H21N3O/c1-13-12-15(14-6-2-3-7-16(14)19-13)17(21)18-8-11-20-9-4-5-10-20/h2-3,6-7,12H,4-5,8-11H2,1H3,(H,18,21). The van der Waals surface area contributed by atoms with E-state index in [0.29, 0.717) is 6.54 Å². The third kappa shape index (κ3) is 3.22. The van der Waals surface area contributed by atoms with Crippen LogP contribution in [0.15, 0.2) is 30.3 Å². The molecule has 1 fully saturated rings. The first-order valence-corrected chi connectivity index (χ1v) is 7.61. The molecule has 0 saturated carbocycles. The van der Waals surface area contributed by atoms with Gasteiger partial charge in [-0.25, -0.2) is 0 Å². The summed E-state index contributed by atoms with van der Waals surface area (Å²) in [5.74, 6) is -0.00380. The number of carbonyl (C=O) groups is 1. The summed E-state index contributed by atoms with van der Waals surface area (Å²) in [5.41, 5.74) is 2.47. The maximum atomic E-state index is 12.4. The second kappa shape index (κ2) is 6.22. The fraction of sp³-hybridized carbons (Fsp3) is 0.412. The van der Waals surface area contributed by atoms with Crippen molar-refractivity contribution in [1.29, 1.82) is 0 Å². The van der Waals surface area contributed by atoms with Gasteiger partial charge in [-0.05, 0) is 45.0 Å². The van der Waals surface area contributed by atoms with Gasteiger partial charge in [0.25, 0.3) is 5.91 Å². The van der Waals surface area contributed by atoms with Crippen molar-refractivity contribution in [3.8, 4) is 0 Å². The van der Waals surface area contributed by atoms with Crippen LogP contribution in [0.4, 0.5) is 0 Å². The minimum absolute atomic E-state index is 0.00380. The number of hydrogen-bond acceptors (Lipinski definition) is 3. The Labute approximate surface area is 125 Å². The number of hydrogen-bond donors (Lipinski definition) is 1. The predicted octanol–water partition coefficient (Wildman–Crippen LogP) is 2.37. The normalized spacial score (nSPS) is 15.5. The summed E-state index contributed by atoms with van der Waals surface area (Å²) in [5, 5.41) is 3.96. The molecule has 1 aromatic heterocycles.